The Kier molecular flexibility index (Phi) is 3.69. The third-order valence-electron chi connectivity index (χ3n) is 2.90. The molecule has 22 heavy (non-hydrogen) atoms. The summed E-state index contributed by atoms with van der Waals surface area (Å²) in [4.78, 5) is 16.5. The van der Waals surface area contributed by atoms with Crippen LogP contribution in [0.4, 0.5) is 4.39 Å². The first-order valence-corrected chi connectivity index (χ1v) is 6.63. The maximum absolute atomic E-state index is 14.0. The lowest BCUT2D eigenvalue weighted by Crippen LogP contribution is -2.15. The van der Waals surface area contributed by atoms with E-state index in [1.165, 1.54) is 24.5 Å². The van der Waals surface area contributed by atoms with Crippen molar-refractivity contribution in [3.63, 3.8) is 0 Å². The quantitative estimate of drug-likeness (QED) is 0.741. The summed E-state index contributed by atoms with van der Waals surface area (Å²) in [6.07, 6.45) is 1.37. The predicted molar refractivity (Wildman–Crippen MR) is 75.0 cm³/mol. The summed E-state index contributed by atoms with van der Waals surface area (Å²) in [7, 11) is 0. The molecular weight excluding hydrogens is 289 g/mol. The molecule has 0 saturated carbocycles. The van der Waals surface area contributed by atoms with Gasteiger partial charge >= 0.3 is 11.9 Å². The Labute approximate surface area is 125 Å². The summed E-state index contributed by atoms with van der Waals surface area (Å²) in [5.41, 5.74) is 0.154. The minimum atomic E-state index is -0.554. The number of ether oxygens (including phenoxy) is 1. The molecular formula is C15H12FN3O3. The van der Waals surface area contributed by atoms with Crippen LogP contribution in [0, 0.1) is 5.82 Å². The molecule has 0 unspecified atom stereocenters. The zero-order valence-corrected chi connectivity index (χ0v) is 11.7. The Hall–Kier alpha value is -2.96. The van der Waals surface area contributed by atoms with Gasteiger partial charge in [0.15, 0.2) is 11.6 Å². The number of aromatic nitrogens is 3. The van der Waals surface area contributed by atoms with Crippen LogP contribution in [0.5, 0.6) is 6.01 Å². The van der Waals surface area contributed by atoms with Crippen LogP contribution < -0.4 is 4.74 Å². The van der Waals surface area contributed by atoms with Crippen LogP contribution in [-0.2, 0) is 0 Å². The Morgan fingerprint density at radius 3 is 2.82 bits per heavy atom. The molecule has 0 aliphatic rings. The van der Waals surface area contributed by atoms with Crippen LogP contribution >= 0.6 is 0 Å². The molecule has 0 atom stereocenters. The van der Waals surface area contributed by atoms with E-state index < -0.39 is 11.7 Å². The number of carbonyl (C=O) groups is 1. The molecule has 0 spiro atoms. The van der Waals surface area contributed by atoms with E-state index in [-0.39, 0.29) is 23.2 Å². The summed E-state index contributed by atoms with van der Waals surface area (Å²) < 4.78 is 25.2. The van der Waals surface area contributed by atoms with Crippen molar-refractivity contribution in [2.45, 2.75) is 6.92 Å². The smallest absolute Gasteiger partial charge is 0.336 e. The largest absolute Gasteiger partial charge is 0.463 e. The molecule has 2 aromatic heterocycles. The van der Waals surface area contributed by atoms with Crippen LogP contribution in [0.15, 0.2) is 47.1 Å². The average molecular weight is 301 g/mol. The molecule has 0 amide bonds. The van der Waals surface area contributed by atoms with E-state index in [1.54, 1.807) is 25.1 Å². The number of benzene rings is 1. The molecule has 0 radical (unpaired) electrons. The summed E-state index contributed by atoms with van der Waals surface area (Å²) in [5, 5.41) is 3.98. The molecule has 2 heterocycles. The molecule has 0 N–H and O–H groups in total. The number of halogens is 1. The minimum absolute atomic E-state index is 0.000610. The standard InChI is InChI=1S/C15H12FN3O3/c1-2-21-15-17-13(10-6-3-4-7-11(10)16)19(18-15)14(20)12-8-5-9-22-12/h3-9H,2H2,1H3. The number of carbonyl (C=O) groups excluding carboxylic acids is 1. The van der Waals surface area contributed by atoms with Gasteiger partial charge in [-0.15, -0.1) is 5.10 Å². The third kappa shape index (κ3) is 2.48. The zero-order chi connectivity index (χ0) is 15.5. The molecule has 112 valence electrons. The Bertz CT molecular complexity index is 796. The Morgan fingerprint density at radius 1 is 1.32 bits per heavy atom. The van der Waals surface area contributed by atoms with Crippen LogP contribution in [0.25, 0.3) is 11.4 Å². The Balaban J connectivity index is 2.12. The van der Waals surface area contributed by atoms with E-state index in [4.69, 9.17) is 9.15 Å². The van der Waals surface area contributed by atoms with E-state index >= 15 is 0 Å². The van der Waals surface area contributed by atoms with Crippen molar-refractivity contribution in [3.05, 3.63) is 54.2 Å². The van der Waals surface area contributed by atoms with Crippen molar-refractivity contribution >= 4 is 5.91 Å². The van der Waals surface area contributed by atoms with Crippen molar-refractivity contribution in [1.29, 1.82) is 0 Å². The first kappa shape index (κ1) is 14.0. The molecule has 3 aromatic rings. The Morgan fingerprint density at radius 2 is 2.14 bits per heavy atom. The highest BCUT2D eigenvalue weighted by molar-refractivity contribution is 5.94. The van der Waals surface area contributed by atoms with Gasteiger partial charge in [-0.05, 0) is 31.2 Å². The van der Waals surface area contributed by atoms with E-state index in [1.807, 2.05) is 0 Å². The van der Waals surface area contributed by atoms with Gasteiger partial charge < -0.3 is 9.15 Å². The highest BCUT2D eigenvalue weighted by Gasteiger charge is 2.23. The van der Waals surface area contributed by atoms with Crippen LogP contribution in [0.1, 0.15) is 17.5 Å². The second-order valence-corrected chi connectivity index (χ2v) is 4.33. The molecule has 0 aliphatic heterocycles. The van der Waals surface area contributed by atoms with Gasteiger partial charge in [0, 0.05) is 0 Å². The summed E-state index contributed by atoms with van der Waals surface area (Å²) >= 11 is 0. The van der Waals surface area contributed by atoms with Gasteiger partial charge in [-0.3, -0.25) is 4.79 Å². The van der Waals surface area contributed by atoms with Crippen molar-refractivity contribution in [3.8, 4) is 17.4 Å². The molecule has 6 nitrogen and oxygen atoms in total. The molecule has 3 rings (SSSR count). The van der Waals surface area contributed by atoms with Gasteiger partial charge in [-0.25, -0.2) is 4.39 Å². The van der Waals surface area contributed by atoms with Gasteiger partial charge in [-0.1, -0.05) is 12.1 Å². The molecule has 0 bridgehead atoms. The predicted octanol–water partition coefficient (Wildman–Crippen LogP) is 2.76. The highest BCUT2D eigenvalue weighted by atomic mass is 19.1. The number of rotatable bonds is 4. The second kappa shape index (κ2) is 5.80. The number of hydrogen-bond acceptors (Lipinski definition) is 5. The maximum atomic E-state index is 14.0. The van der Waals surface area contributed by atoms with Gasteiger partial charge in [0.2, 0.25) is 0 Å². The normalized spacial score (nSPS) is 10.6. The van der Waals surface area contributed by atoms with Gasteiger partial charge in [-0.2, -0.15) is 9.67 Å². The van der Waals surface area contributed by atoms with Crippen molar-refractivity contribution < 1.29 is 18.3 Å². The third-order valence-corrected chi connectivity index (χ3v) is 2.90. The summed E-state index contributed by atoms with van der Waals surface area (Å²) in [5.74, 6) is -0.929. The first-order valence-electron chi connectivity index (χ1n) is 6.63. The van der Waals surface area contributed by atoms with Crippen molar-refractivity contribution in [2.75, 3.05) is 6.61 Å². The monoisotopic (exact) mass is 301 g/mol. The SMILES string of the molecule is CCOc1nc(-c2ccccc2F)n(C(=O)c2ccco2)n1. The van der Waals surface area contributed by atoms with Gasteiger partial charge in [0.1, 0.15) is 5.82 Å². The van der Waals surface area contributed by atoms with E-state index in [2.05, 4.69) is 10.1 Å². The summed E-state index contributed by atoms with van der Waals surface area (Å²) in [6.45, 7) is 2.09. The highest BCUT2D eigenvalue weighted by Crippen LogP contribution is 2.23. The maximum Gasteiger partial charge on any atom is 0.336 e. The van der Waals surface area contributed by atoms with Crippen LogP contribution in [0.3, 0.4) is 0 Å². The summed E-state index contributed by atoms with van der Waals surface area (Å²) in [6, 6.07) is 9.08. The lowest BCUT2D eigenvalue weighted by atomic mass is 10.2. The van der Waals surface area contributed by atoms with Gasteiger partial charge in [0.25, 0.3) is 0 Å². The topological polar surface area (TPSA) is 70.2 Å². The minimum Gasteiger partial charge on any atom is -0.463 e. The molecule has 0 aliphatic carbocycles. The van der Waals surface area contributed by atoms with E-state index in [0.717, 1.165) is 4.68 Å². The molecule has 0 fully saturated rings. The fourth-order valence-electron chi connectivity index (χ4n) is 1.95. The van der Waals surface area contributed by atoms with E-state index in [9.17, 15) is 9.18 Å². The number of nitrogens with zero attached hydrogens (tertiary/aromatic N) is 3. The average Bonchev–Trinajstić information content (AvgIpc) is 3.17. The van der Waals surface area contributed by atoms with Gasteiger partial charge in [0.05, 0.1) is 18.4 Å². The zero-order valence-electron chi connectivity index (χ0n) is 11.7. The fraction of sp³-hybridized carbons (Fsp3) is 0.133. The lowest BCUT2D eigenvalue weighted by Gasteiger charge is -2.03. The number of furan rings is 1. The second-order valence-electron chi connectivity index (χ2n) is 4.33. The molecule has 1 aromatic carbocycles. The van der Waals surface area contributed by atoms with Crippen LogP contribution in [-0.4, -0.2) is 27.3 Å². The van der Waals surface area contributed by atoms with E-state index in [0.29, 0.717) is 6.61 Å². The first-order chi connectivity index (χ1) is 10.7. The molecule has 0 saturated heterocycles. The molecule has 7 heteroatoms. The number of hydrogen-bond donors (Lipinski definition) is 0. The van der Waals surface area contributed by atoms with Crippen LogP contribution in [0.2, 0.25) is 0 Å². The van der Waals surface area contributed by atoms with Crippen molar-refractivity contribution in [2.24, 2.45) is 0 Å². The van der Waals surface area contributed by atoms with Crippen molar-refractivity contribution in [1.82, 2.24) is 14.8 Å². The lowest BCUT2D eigenvalue weighted by molar-refractivity contribution is 0.0917. The fourth-order valence-corrected chi connectivity index (χ4v) is 1.95.